The van der Waals surface area contributed by atoms with E-state index in [0.717, 1.165) is 17.8 Å². The van der Waals surface area contributed by atoms with E-state index in [-0.39, 0.29) is 6.10 Å². The van der Waals surface area contributed by atoms with Gasteiger partial charge in [-0.2, -0.15) is 10.1 Å². The second-order valence-electron chi connectivity index (χ2n) is 5.05. The van der Waals surface area contributed by atoms with Gasteiger partial charge in [0.25, 0.3) is 0 Å². The van der Waals surface area contributed by atoms with Crippen LogP contribution in [0.15, 0.2) is 18.5 Å². The molecule has 0 atom stereocenters. The molecule has 0 radical (unpaired) electrons. The molecule has 6 nitrogen and oxygen atoms in total. The largest absolute Gasteiger partial charge is 0.475 e. The number of hydrogen-bond acceptors (Lipinski definition) is 5. The molecule has 0 amide bonds. The molecule has 20 heavy (non-hydrogen) atoms. The summed E-state index contributed by atoms with van der Waals surface area (Å²) >= 11 is 0. The number of ether oxygens (including phenoxy) is 1. The quantitative estimate of drug-likeness (QED) is 0.875. The molecule has 0 fully saturated rings. The third kappa shape index (κ3) is 4.22. The fraction of sp³-hybridized carbons (Fsp3) is 0.500. The van der Waals surface area contributed by atoms with Gasteiger partial charge in [0.1, 0.15) is 0 Å². The highest BCUT2D eigenvalue weighted by atomic mass is 16.5. The average Bonchev–Trinajstić information content (AvgIpc) is 2.73. The number of nitrogens with zero attached hydrogens (tertiary/aromatic N) is 4. The molecular weight excluding hydrogens is 254 g/mol. The Balaban J connectivity index is 1.93. The maximum atomic E-state index is 5.59. The second kappa shape index (κ2) is 6.36. The molecule has 108 valence electrons. The predicted octanol–water partition coefficient (Wildman–Crippen LogP) is 2.19. The molecule has 0 saturated heterocycles. The minimum Gasteiger partial charge on any atom is -0.475 e. The van der Waals surface area contributed by atoms with Crippen molar-refractivity contribution < 1.29 is 4.74 Å². The fourth-order valence-electron chi connectivity index (χ4n) is 1.79. The topological polar surface area (TPSA) is 64.9 Å². The van der Waals surface area contributed by atoms with Crippen LogP contribution in [0.25, 0.3) is 0 Å². The zero-order chi connectivity index (χ0) is 14.5. The van der Waals surface area contributed by atoms with Gasteiger partial charge >= 0.3 is 0 Å². The summed E-state index contributed by atoms with van der Waals surface area (Å²) in [6.45, 7) is 9.39. The van der Waals surface area contributed by atoms with E-state index in [1.165, 1.54) is 0 Å². The van der Waals surface area contributed by atoms with Crippen LogP contribution >= 0.6 is 0 Å². The molecule has 6 heteroatoms. The van der Waals surface area contributed by atoms with Gasteiger partial charge in [-0.15, -0.1) is 0 Å². The van der Waals surface area contributed by atoms with Gasteiger partial charge in [0.05, 0.1) is 18.8 Å². The van der Waals surface area contributed by atoms with Gasteiger partial charge in [0, 0.05) is 24.5 Å². The normalized spacial score (nSPS) is 10.8. The van der Waals surface area contributed by atoms with E-state index in [0.29, 0.717) is 18.4 Å². The van der Waals surface area contributed by atoms with E-state index in [1.54, 1.807) is 0 Å². The van der Waals surface area contributed by atoms with Crippen LogP contribution in [0.5, 0.6) is 5.88 Å². The van der Waals surface area contributed by atoms with Crippen LogP contribution in [0.2, 0.25) is 0 Å². The molecule has 0 aliphatic heterocycles. The molecule has 2 rings (SSSR count). The average molecular weight is 275 g/mol. The van der Waals surface area contributed by atoms with Crippen LogP contribution in [0.4, 0.5) is 5.95 Å². The van der Waals surface area contributed by atoms with Crippen molar-refractivity contribution in [1.29, 1.82) is 0 Å². The molecule has 0 spiro atoms. The minimum absolute atomic E-state index is 0.101. The molecule has 2 aromatic rings. The summed E-state index contributed by atoms with van der Waals surface area (Å²) in [7, 11) is 0. The van der Waals surface area contributed by atoms with Crippen molar-refractivity contribution in [3.05, 3.63) is 29.7 Å². The number of rotatable bonds is 6. The number of nitrogens with one attached hydrogen (secondary N) is 1. The van der Waals surface area contributed by atoms with E-state index in [9.17, 15) is 0 Å². The smallest absolute Gasteiger partial charge is 0.226 e. The van der Waals surface area contributed by atoms with Crippen LogP contribution in [0.1, 0.15) is 25.1 Å². The zero-order valence-electron chi connectivity index (χ0n) is 12.4. The highest BCUT2D eigenvalue weighted by molar-refractivity contribution is 5.30. The molecule has 0 unspecified atom stereocenters. The Morgan fingerprint density at radius 2 is 2.10 bits per heavy atom. The SMILES string of the molecule is Cc1cnn(CCNc2nc(C)cc(OC(C)C)n2)c1. The Hall–Kier alpha value is -2.11. The van der Waals surface area contributed by atoms with E-state index in [1.807, 2.05) is 50.8 Å². The van der Waals surface area contributed by atoms with Crippen LogP contribution in [-0.2, 0) is 6.54 Å². The maximum Gasteiger partial charge on any atom is 0.226 e. The third-order valence-corrected chi connectivity index (χ3v) is 2.57. The molecule has 1 N–H and O–H groups in total. The molecular formula is C14H21N5O. The Labute approximate surface area is 119 Å². The Bertz CT molecular complexity index is 564. The summed E-state index contributed by atoms with van der Waals surface area (Å²) in [5.74, 6) is 1.19. The van der Waals surface area contributed by atoms with Gasteiger partial charge in [-0.3, -0.25) is 4.68 Å². The molecule has 2 heterocycles. The molecule has 2 aromatic heterocycles. The van der Waals surface area contributed by atoms with Crippen molar-refractivity contribution >= 4 is 5.95 Å². The highest BCUT2D eigenvalue weighted by Crippen LogP contribution is 2.13. The summed E-state index contributed by atoms with van der Waals surface area (Å²) in [4.78, 5) is 8.68. The van der Waals surface area contributed by atoms with Crippen LogP contribution in [0, 0.1) is 13.8 Å². The van der Waals surface area contributed by atoms with Gasteiger partial charge in [0.2, 0.25) is 11.8 Å². The van der Waals surface area contributed by atoms with Crippen molar-refractivity contribution in [2.45, 2.75) is 40.3 Å². The Kier molecular flexibility index (Phi) is 4.55. The van der Waals surface area contributed by atoms with Crippen molar-refractivity contribution in [3.8, 4) is 5.88 Å². The third-order valence-electron chi connectivity index (χ3n) is 2.57. The van der Waals surface area contributed by atoms with Crippen molar-refractivity contribution in [2.24, 2.45) is 0 Å². The van der Waals surface area contributed by atoms with E-state index >= 15 is 0 Å². The van der Waals surface area contributed by atoms with E-state index in [4.69, 9.17) is 4.74 Å². The second-order valence-corrected chi connectivity index (χ2v) is 5.05. The lowest BCUT2D eigenvalue weighted by Crippen LogP contribution is -2.14. The first-order valence-electron chi connectivity index (χ1n) is 6.78. The lowest BCUT2D eigenvalue weighted by Gasteiger charge is -2.11. The van der Waals surface area contributed by atoms with Crippen LogP contribution in [-0.4, -0.2) is 32.4 Å². The first kappa shape index (κ1) is 14.3. The molecule has 0 aromatic carbocycles. The standard InChI is InChI=1S/C14H21N5O/c1-10(2)20-13-7-12(4)17-14(18-13)15-5-6-19-9-11(3)8-16-19/h7-10H,5-6H2,1-4H3,(H,15,17,18). The monoisotopic (exact) mass is 275 g/mol. The van der Waals surface area contributed by atoms with Gasteiger partial charge in [-0.1, -0.05) is 0 Å². The summed E-state index contributed by atoms with van der Waals surface area (Å²) in [6, 6.07) is 1.84. The van der Waals surface area contributed by atoms with Crippen molar-refractivity contribution in [2.75, 3.05) is 11.9 Å². The van der Waals surface area contributed by atoms with Gasteiger partial charge in [-0.25, -0.2) is 4.98 Å². The van der Waals surface area contributed by atoms with Crippen molar-refractivity contribution in [1.82, 2.24) is 19.7 Å². The maximum absolute atomic E-state index is 5.59. The Morgan fingerprint density at radius 1 is 1.30 bits per heavy atom. The van der Waals surface area contributed by atoms with Crippen molar-refractivity contribution in [3.63, 3.8) is 0 Å². The van der Waals surface area contributed by atoms with Crippen LogP contribution in [0.3, 0.4) is 0 Å². The first-order chi connectivity index (χ1) is 9.52. The molecule has 0 saturated carbocycles. The summed E-state index contributed by atoms with van der Waals surface area (Å²) in [5.41, 5.74) is 2.04. The molecule has 0 aliphatic rings. The van der Waals surface area contributed by atoms with Gasteiger partial charge < -0.3 is 10.1 Å². The summed E-state index contributed by atoms with van der Waals surface area (Å²) in [5, 5.41) is 7.43. The van der Waals surface area contributed by atoms with Gasteiger partial charge in [-0.05, 0) is 33.3 Å². The highest BCUT2D eigenvalue weighted by Gasteiger charge is 2.04. The minimum atomic E-state index is 0.101. The van der Waals surface area contributed by atoms with E-state index in [2.05, 4.69) is 20.4 Å². The number of aromatic nitrogens is 4. The molecule has 0 aliphatic carbocycles. The zero-order valence-corrected chi connectivity index (χ0v) is 12.4. The number of anilines is 1. The van der Waals surface area contributed by atoms with Gasteiger partial charge in [0.15, 0.2) is 0 Å². The summed E-state index contributed by atoms with van der Waals surface area (Å²) < 4.78 is 7.49. The summed E-state index contributed by atoms with van der Waals surface area (Å²) in [6.07, 6.45) is 3.95. The lowest BCUT2D eigenvalue weighted by molar-refractivity contribution is 0.232. The predicted molar refractivity (Wildman–Crippen MR) is 78.0 cm³/mol. The first-order valence-corrected chi connectivity index (χ1v) is 6.78. The van der Waals surface area contributed by atoms with E-state index < -0.39 is 0 Å². The number of aryl methyl sites for hydroxylation is 2. The molecule has 0 bridgehead atoms. The Morgan fingerprint density at radius 3 is 2.75 bits per heavy atom. The van der Waals surface area contributed by atoms with Crippen LogP contribution < -0.4 is 10.1 Å². The lowest BCUT2D eigenvalue weighted by atomic mass is 10.4. The number of hydrogen-bond donors (Lipinski definition) is 1. The fourth-order valence-corrected chi connectivity index (χ4v) is 1.79.